The Morgan fingerprint density at radius 3 is 2.61 bits per heavy atom. The van der Waals surface area contributed by atoms with E-state index in [0.717, 1.165) is 37.7 Å². The van der Waals surface area contributed by atoms with Crippen LogP contribution in [0.5, 0.6) is 0 Å². The predicted octanol–water partition coefficient (Wildman–Crippen LogP) is 2.01. The van der Waals surface area contributed by atoms with E-state index in [1.54, 1.807) is 11.0 Å². The number of rotatable bonds is 2. The highest BCUT2D eigenvalue weighted by Crippen LogP contribution is 2.43. The Bertz CT molecular complexity index is 706. The van der Waals surface area contributed by atoms with Crippen LogP contribution in [0.25, 0.3) is 0 Å². The first-order valence-corrected chi connectivity index (χ1v) is 7.68. The van der Waals surface area contributed by atoms with Gasteiger partial charge in [0.2, 0.25) is 11.9 Å². The highest BCUT2D eigenvalue weighted by molar-refractivity contribution is 6.07. The van der Waals surface area contributed by atoms with E-state index in [4.69, 9.17) is 11.5 Å². The van der Waals surface area contributed by atoms with Crippen molar-refractivity contribution in [3.8, 4) is 0 Å². The molecule has 0 bridgehead atoms. The second kappa shape index (κ2) is 5.53. The summed E-state index contributed by atoms with van der Waals surface area (Å²) in [4.78, 5) is 21.4. The van der Waals surface area contributed by atoms with Gasteiger partial charge >= 0.3 is 0 Å². The summed E-state index contributed by atoms with van der Waals surface area (Å²) in [7, 11) is 0. The predicted molar refractivity (Wildman–Crippen MR) is 89.4 cm³/mol. The van der Waals surface area contributed by atoms with Crippen molar-refractivity contribution < 1.29 is 4.92 Å². The number of hydrogen-bond acceptors (Lipinski definition) is 7. The highest BCUT2D eigenvalue weighted by atomic mass is 16.6. The van der Waals surface area contributed by atoms with Gasteiger partial charge in [0.25, 0.3) is 5.69 Å². The minimum absolute atomic E-state index is 0.00349. The molecule has 0 amide bonds. The molecule has 1 fully saturated rings. The van der Waals surface area contributed by atoms with Crippen LogP contribution >= 0.6 is 0 Å². The summed E-state index contributed by atoms with van der Waals surface area (Å²) in [5, 5.41) is 11.5. The molecule has 3 rings (SSSR count). The van der Waals surface area contributed by atoms with Crippen LogP contribution in [-0.2, 0) is 0 Å². The Morgan fingerprint density at radius 1 is 1.26 bits per heavy atom. The first kappa shape index (κ1) is 15.3. The number of nitrogens with two attached hydrogens (primary N) is 2. The fraction of sp³-hybridized carbons (Fsp3) is 0.467. The van der Waals surface area contributed by atoms with Crippen LogP contribution in [0, 0.1) is 17.0 Å². The number of aryl methyl sites for hydroxylation is 1. The van der Waals surface area contributed by atoms with Crippen molar-refractivity contribution in [3.63, 3.8) is 0 Å². The molecular formula is C15H20N6O2. The van der Waals surface area contributed by atoms with Gasteiger partial charge in [0, 0.05) is 6.07 Å². The monoisotopic (exact) mass is 316 g/mol. The third kappa shape index (κ3) is 2.49. The molecule has 1 aliphatic carbocycles. The number of guanidine groups is 2. The van der Waals surface area contributed by atoms with Crippen molar-refractivity contribution in [1.29, 1.82) is 0 Å². The number of anilines is 1. The lowest BCUT2D eigenvalue weighted by atomic mass is 9.87. The molecule has 2 aliphatic rings. The second-order valence-corrected chi connectivity index (χ2v) is 6.02. The number of para-hydroxylation sites is 1. The molecule has 0 saturated heterocycles. The normalized spacial score (nSPS) is 20.1. The van der Waals surface area contributed by atoms with Crippen LogP contribution in [-0.4, -0.2) is 22.5 Å². The molecule has 1 heterocycles. The summed E-state index contributed by atoms with van der Waals surface area (Å²) in [6.45, 7) is 1.83. The van der Waals surface area contributed by atoms with Gasteiger partial charge in [-0.1, -0.05) is 18.6 Å². The number of benzene rings is 1. The number of nitro groups is 1. The Labute approximate surface area is 134 Å². The van der Waals surface area contributed by atoms with Crippen LogP contribution in [0.1, 0.15) is 37.7 Å². The summed E-state index contributed by atoms with van der Waals surface area (Å²) in [5.41, 5.74) is 12.5. The van der Waals surface area contributed by atoms with Crippen LogP contribution < -0.4 is 16.4 Å². The Balaban J connectivity index is 2.21. The zero-order chi connectivity index (χ0) is 16.6. The number of hydrogen-bond donors (Lipinski definition) is 2. The highest BCUT2D eigenvalue weighted by Gasteiger charge is 2.45. The molecule has 8 heteroatoms. The lowest BCUT2D eigenvalue weighted by Gasteiger charge is -2.45. The third-order valence-corrected chi connectivity index (χ3v) is 4.49. The van der Waals surface area contributed by atoms with E-state index in [9.17, 15) is 10.1 Å². The maximum atomic E-state index is 11.5. The fourth-order valence-corrected chi connectivity index (χ4v) is 3.53. The largest absolute Gasteiger partial charge is 0.369 e. The van der Waals surface area contributed by atoms with Crippen molar-refractivity contribution in [2.24, 2.45) is 21.5 Å². The molecule has 122 valence electrons. The average molecular weight is 316 g/mol. The molecule has 1 spiro atoms. The van der Waals surface area contributed by atoms with Crippen molar-refractivity contribution in [1.82, 2.24) is 0 Å². The SMILES string of the molecule is Cc1cccc([N+](=O)[O-])c1N1C(N)=NC(N)=NC12CCCCC2. The molecule has 1 aliphatic heterocycles. The standard InChI is InChI=1S/C15H20N6O2/c1-10-6-5-7-11(21(22)23)12(10)20-14(17)18-13(16)19-15(20)8-3-2-4-9-15/h5-7H,2-4,8-9H2,1H3,(H4,16,17,18,19). The molecule has 0 atom stereocenters. The minimum atomic E-state index is -0.676. The maximum Gasteiger partial charge on any atom is 0.293 e. The first-order valence-electron chi connectivity index (χ1n) is 7.68. The second-order valence-electron chi connectivity index (χ2n) is 6.02. The van der Waals surface area contributed by atoms with Gasteiger partial charge in [0.15, 0.2) is 0 Å². The van der Waals surface area contributed by atoms with Crippen molar-refractivity contribution in [2.45, 2.75) is 44.7 Å². The molecule has 0 radical (unpaired) electrons. The quantitative estimate of drug-likeness (QED) is 0.638. The van der Waals surface area contributed by atoms with Crippen molar-refractivity contribution in [2.75, 3.05) is 4.90 Å². The Hall–Kier alpha value is -2.64. The molecule has 1 aromatic rings. The number of aliphatic imine (C=N–C) groups is 2. The van der Waals surface area contributed by atoms with Gasteiger partial charge in [-0.3, -0.25) is 15.0 Å². The molecule has 0 unspecified atom stereocenters. The van der Waals surface area contributed by atoms with Crippen molar-refractivity contribution in [3.05, 3.63) is 33.9 Å². The van der Waals surface area contributed by atoms with E-state index in [1.807, 2.05) is 13.0 Å². The minimum Gasteiger partial charge on any atom is -0.369 e. The molecule has 23 heavy (non-hydrogen) atoms. The molecule has 1 aromatic carbocycles. The molecule has 4 N–H and O–H groups in total. The Morgan fingerprint density at radius 2 is 1.96 bits per heavy atom. The van der Waals surface area contributed by atoms with Gasteiger partial charge in [-0.2, -0.15) is 4.99 Å². The molecule has 0 aromatic heterocycles. The van der Waals surface area contributed by atoms with Crippen LogP contribution in [0.15, 0.2) is 28.2 Å². The lowest BCUT2D eigenvalue weighted by molar-refractivity contribution is -0.384. The van der Waals surface area contributed by atoms with Gasteiger partial charge in [0.05, 0.1) is 4.92 Å². The topological polar surface area (TPSA) is 123 Å². The Kier molecular flexibility index (Phi) is 3.67. The average Bonchev–Trinajstić information content (AvgIpc) is 2.48. The summed E-state index contributed by atoms with van der Waals surface area (Å²) >= 11 is 0. The smallest absolute Gasteiger partial charge is 0.293 e. The van der Waals surface area contributed by atoms with Gasteiger partial charge in [0.1, 0.15) is 11.4 Å². The van der Waals surface area contributed by atoms with Gasteiger partial charge in [-0.05, 0) is 38.2 Å². The fourth-order valence-electron chi connectivity index (χ4n) is 3.53. The summed E-state index contributed by atoms with van der Waals surface area (Å²) in [6.07, 6.45) is 4.54. The van der Waals surface area contributed by atoms with E-state index in [2.05, 4.69) is 9.98 Å². The summed E-state index contributed by atoms with van der Waals surface area (Å²) in [6, 6.07) is 4.97. The lowest BCUT2D eigenvalue weighted by Crippen LogP contribution is -2.58. The summed E-state index contributed by atoms with van der Waals surface area (Å²) < 4.78 is 0. The van der Waals surface area contributed by atoms with E-state index in [1.165, 1.54) is 6.07 Å². The molecule has 1 saturated carbocycles. The van der Waals surface area contributed by atoms with Gasteiger partial charge in [-0.25, -0.2) is 4.99 Å². The molecular weight excluding hydrogens is 296 g/mol. The van der Waals surface area contributed by atoms with E-state index < -0.39 is 10.6 Å². The maximum absolute atomic E-state index is 11.5. The van der Waals surface area contributed by atoms with Crippen LogP contribution in [0.4, 0.5) is 11.4 Å². The zero-order valence-electron chi connectivity index (χ0n) is 13.0. The van der Waals surface area contributed by atoms with E-state index >= 15 is 0 Å². The van der Waals surface area contributed by atoms with Crippen molar-refractivity contribution >= 4 is 23.3 Å². The third-order valence-electron chi connectivity index (χ3n) is 4.49. The van der Waals surface area contributed by atoms with Crippen LogP contribution in [0.2, 0.25) is 0 Å². The van der Waals surface area contributed by atoms with Gasteiger partial charge in [-0.15, -0.1) is 0 Å². The number of nitro benzene ring substituents is 1. The van der Waals surface area contributed by atoms with E-state index in [0.29, 0.717) is 5.69 Å². The first-order chi connectivity index (χ1) is 10.9. The number of nitrogens with zero attached hydrogens (tertiary/aromatic N) is 4. The molecule has 8 nitrogen and oxygen atoms in total. The zero-order valence-corrected chi connectivity index (χ0v) is 13.0. The van der Waals surface area contributed by atoms with Gasteiger partial charge < -0.3 is 11.5 Å². The summed E-state index contributed by atoms with van der Waals surface area (Å²) in [5.74, 6) is 0.300. The van der Waals surface area contributed by atoms with Crippen LogP contribution in [0.3, 0.4) is 0 Å². The van der Waals surface area contributed by atoms with E-state index in [-0.39, 0.29) is 17.6 Å².